The summed E-state index contributed by atoms with van der Waals surface area (Å²) in [5, 5.41) is 9.92. The van der Waals surface area contributed by atoms with Crippen LogP contribution in [0, 0.1) is 0 Å². The van der Waals surface area contributed by atoms with Gasteiger partial charge in [-0.25, -0.2) is 5.48 Å². The van der Waals surface area contributed by atoms with E-state index < -0.39 is 0 Å². The summed E-state index contributed by atoms with van der Waals surface area (Å²) in [4.78, 5) is 18.8. The van der Waals surface area contributed by atoms with Crippen molar-refractivity contribution in [2.24, 2.45) is 0 Å². The highest BCUT2D eigenvalue weighted by Crippen LogP contribution is 2.37. The van der Waals surface area contributed by atoms with Crippen molar-refractivity contribution in [1.29, 1.82) is 0 Å². The molecule has 106 valence electrons. The summed E-state index contributed by atoms with van der Waals surface area (Å²) in [6, 6.07) is 0. The van der Waals surface area contributed by atoms with Gasteiger partial charge in [-0.2, -0.15) is 0 Å². The fourth-order valence-corrected chi connectivity index (χ4v) is 3.02. The van der Waals surface area contributed by atoms with Gasteiger partial charge in [0.2, 0.25) is 0 Å². The topological polar surface area (TPSA) is 61.8 Å². The number of rotatable bonds is 4. The lowest BCUT2D eigenvalue weighted by Crippen LogP contribution is -2.63. The van der Waals surface area contributed by atoms with Crippen LogP contribution in [0.15, 0.2) is 0 Å². The maximum Gasteiger partial charge on any atom is 0.257 e. The number of hydrogen-bond donors (Lipinski definition) is 2. The Labute approximate surface area is 109 Å². The number of carbonyl (C=O) groups excluding carboxylic acids is 1. The van der Waals surface area contributed by atoms with E-state index in [1.54, 1.807) is 0 Å². The van der Waals surface area contributed by atoms with Gasteiger partial charge in [0.1, 0.15) is 0 Å². The number of nitrogens with one attached hydrogen (secondary N) is 1. The molecule has 5 heteroatoms. The van der Waals surface area contributed by atoms with Crippen LogP contribution in [0.3, 0.4) is 0 Å². The van der Waals surface area contributed by atoms with Gasteiger partial charge < -0.3 is 5.11 Å². The van der Waals surface area contributed by atoms with E-state index in [0.29, 0.717) is 19.4 Å². The summed E-state index contributed by atoms with van der Waals surface area (Å²) < 4.78 is 0. The molecule has 1 aliphatic heterocycles. The SMILES string of the molecule is CCONC(=O)CN1C(C)(C)CC(O)CC1(C)C. The van der Waals surface area contributed by atoms with Crippen molar-refractivity contribution < 1.29 is 14.7 Å². The molecule has 0 aliphatic carbocycles. The van der Waals surface area contributed by atoms with Gasteiger partial charge in [-0.1, -0.05) is 0 Å². The van der Waals surface area contributed by atoms with Gasteiger partial charge in [-0.3, -0.25) is 14.5 Å². The molecule has 0 aromatic carbocycles. The number of aliphatic hydroxyl groups is 1. The molecule has 1 heterocycles. The quantitative estimate of drug-likeness (QED) is 0.740. The molecule has 1 rings (SSSR count). The molecule has 0 saturated carbocycles. The summed E-state index contributed by atoms with van der Waals surface area (Å²) in [6.07, 6.45) is 1.05. The Bertz CT molecular complexity index is 285. The lowest BCUT2D eigenvalue weighted by molar-refractivity contribution is -0.143. The van der Waals surface area contributed by atoms with Gasteiger partial charge in [-0.05, 0) is 47.5 Å². The third kappa shape index (κ3) is 3.67. The van der Waals surface area contributed by atoms with Crippen LogP contribution in [0.4, 0.5) is 0 Å². The van der Waals surface area contributed by atoms with Gasteiger partial charge in [0.05, 0.1) is 19.3 Å². The van der Waals surface area contributed by atoms with Crippen molar-refractivity contribution in [3.63, 3.8) is 0 Å². The third-order valence-electron chi connectivity index (χ3n) is 3.56. The largest absolute Gasteiger partial charge is 0.393 e. The van der Waals surface area contributed by atoms with E-state index in [9.17, 15) is 9.90 Å². The second-order valence-corrected chi connectivity index (χ2v) is 6.23. The lowest BCUT2D eigenvalue weighted by Gasteiger charge is -2.54. The molecule has 1 aliphatic rings. The van der Waals surface area contributed by atoms with E-state index in [1.165, 1.54) is 0 Å². The summed E-state index contributed by atoms with van der Waals surface area (Å²) in [7, 11) is 0. The smallest absolute Gasteiger partial charge is 0.257 e. The van der Waals surface area contributed by atoms with Crippen molar-refractivity contribution in [3.8, 4) is 0 Å². The van der Waals surface area contributed by atoms with Crippen LogP contribution in [-0.4, -0.2) is 46.2 Å². The Morgan fingerprint density at radius 2 is 1.83 bits per heavy atom. The fourth-order valence-electron chi connectivity index (χ4n) is 3.02. The summed E-state index contributed by atoms with van der Waals surface area (Å²) in [6.45, 7) is 10.8. The maximum absolute atomic E-state index is 11.8. The molecular formula is C13H26N2O3. The number of amides is 1. The van der Waals surface area contributed by atoms with E-state index >= 15 is 0 Å². The second-order valence-electron chi connectivity index (χ2n) is 6.23. The Balaban J connectivity index is 2.73. The van der Waals surface area contributed by atoms with Gasteiger partial charge >= 0.3 is 0 Å². The van der Waals surface area contributed by atoms with Crippen LogP contribution in [0.5, 0.6) is 0 Å². The van der Waals surface area contributed by atoms with Crippen LogP contribution in [0.25, 0.3) is 0 Å². The number of aliphatic hydroxyl groups excluding tert-OH is 1. The Morgan fingerprint density at radius 1 is 1.33 bits per heavy atom. The summed E-state index contributed by atoms with van der Waals surface area (Å²) in [5.41, 5.74) is 2.02. The maximum atomic E-state index is 11.8. The van der Waals surface area contributed by atoms with Gasteiger partial charge in [-0.15, -0.1) is 0 Å². The molecule has 1 amide bonds. The summed E-state index contributed by atoms with van der Waals surface area (Å²) in [5.74, 6) is -0.144. The highest BCUT2D eigenvalue weighted by Gasteiger charge is 2.45. The van der Waals surface area contributed by atoms with Crippen molar-refractivity contribution in [2.45, 2.75) is 64.6 Å². The third-order valence-corrected chi connectivity index (χ3v) is 3.56. The molecule has 0 unspecified atom stereocenters. The molecular weight excluding hydrogens is 232 g/mol. The van der Waals surface area contributed by atoms with Crippen LogP contribution >= 0.6 is 0 Å². The first-order valence-corrected chi connectivity index (χ1v) is 6.55. The standard InChI is InChI=1S/C13H26N2O3/c1-6-18-14-11(17)9-15-12(2,3)7-10(16)8-13(15,4)5/h10,16H,6-9H2,1-5H3,(H,14,17). The van der Waals surface area contributed by atoms with E-state index in [2.05, 4.69) is 38.1 Å². The fraction of sp³-hybridized carbons (Fsp3) is 0.923. The molecule has 0 spiro atoms. The predicted octanol–water partition coefficient (Wildman–Crippen LogP) is 1.07. The lowest BCUT2D eigenvalue weighted by atomic mass is 9.78. The molecule has 0 aromatic heterocycles. The molecule has 5 nitrogen and oxygen atoms in total. The molecule has 1 fully saturated rings. The average molecular weight is 258 g/mol. The zero-order valence-electron chi connectivity index (χ0n) is 12.1. The van der Waals surface area contributed by atoms with E-state index in [1.807, 2.05) is 6.92 Å². The Morgan fingerprint density at radius 3 is 2.28 bits per heavy atom. The van der Waals surface area contributed by atoms with Crippen LogP contribution in [0.2, 0.25) is 0 Å². The first-order chi connectivity index (χ1) is 8.19. The van der Waals surface area contributed by atoms with Crippen molar-refractivity contribution >= 4 is 5.91 Å². The van der Waals surface area contributed by atoms with Crippen molar-refractivity contribution in [1.82, 2.24) is 10.4 Å². The van der Waals surface area contributed by atoms with E-state index in [0.717, 1.165) is 0 Å². The summed E-state index contributed by atoms with van der Waals surface area (Å²) >= 11 is 0. The number of carbonyl (C=O) groups is 1. The number of piperidine rings is 1. The van der Waals surface area contributed by atoms with Crippen LogP contribution < -0.4 is 5.48 Å². The number of hydroxylamine groups is 1. The molecule has 0 bridgehead atoms. The average Bonchev–Trinajstić information content (AvgIpc) is 2.18. The predicted molar refractivity (Wildman–Crippen MR) is 69.9 cm³/mol. The van der Waals surface area contributed by atoms with Crippen LogP contribution in [-0.2, 0) is 9.63 Å². The molecule has 0 aromatic rings. The van der Waals surface area contributed by atoms with E-state index in [-0.39, 0.29) is 29.6 Å². The zero-order chi connectivity index (χ0) is 14.0. The van der Waals surface area contributed by atoms with Gasteiger partial charge in [0.15, 0.2) is 0 Å². The highest BCUT2D eigenvalue weighted by molar-refractivity contribution is 5.77. The van der Waals surface area contributed by atoms with Crippen molar-refractivity contribution in [3.05, 3.63) is 0 Å². The molecule has 18 heavy (non-hydrogen) atoms. The van der Waals surface area contributed by atoms with E-state index in [4.69, 9.17) is 4.84 Å². The Hall–Kier alpha value is -0.650. The Kier molecular flexibility index (Phi) is 4.75. The molecule has 1 saturated heterocycles. The normalized spacial score (nSPS) is 23.9. The van der Waals surface area contributed by atoms with Gasteiger partial charge in [0.25, 0.3) is 5.91 Å². The molecule has 2 N–H and O–H groups in total. The molecule has 0 atom stereocenters. The number of likely N-dealkylation sites (tertiary alicyclic amines) is 1. The molecule has 0 radical (unpaired) electrons. The zero-order valence-corrected chi connectivity index (χ0v) is 12.1. The monoisotopic (exact) mass is 258 g/mol. The highest BCUT2D eigenvalue weighted by atomic mass is 16.6. The van der Waals surface area contributed by atoms with Crippen LogP contribution in [0.1, 0.15) is 47.5 Å². The first kappa shape index (κ1) is 15.4. The second kappa shape index (κ2) is 5.55. The van der Waals surface area contributed by atoms with Crippen molar-refractivity contribution in [2.75, 3.05) is 13.2 Å². The minimum atomic E-state index is -0.304. The number of hydrogen-bond acceptors (Lipinski definition) is 4. The number of nitrogens with zero attached hydrogens (tertiary/aromatic N) is 1. The van der Waals surface area contributed by atoms with Gasteiger partial charge in [0, 0.05) is 11.1 Å². The minimum Gasteiger partial charge on any atom is -0.393 e. The first-order valence-electron chi connectivity index (χ1n) is 6.55. The minimum absolute atomic E-state index is 0.144.